The monoisotopic (exact) mass is 246 g/mol. The molecule has 1 atom stereocenters. The minimum atomic E-state index is -0.291. The van der Waals surface area contributed by atoms with Crippen molar-refractivity contribution in [2.45, 2.75) is 20.4 Å². The van der Waals surface area contributed by atoms with E-state index in [9.17, 15) is 9.59 Å². The van der Waals surface area contributed by atoms with Crippen LogP contribution < -0.4 is 5.32 Å². The van der Waals surface area contributed by atoms with Crippen molar-refractivity contribution in [1.82, 2.24) is 10.2 Å². The molecule has 0 aromatic heterocycles. The molecule has 0 bridgehead atoms. The van der Waals surface area contributed by atoms with Crippen LogP contribution in [-0.4, -0.2) is 23.4 Å². The number of nitrogens with one attached hydrogen (secondary N) is 1. The lowest BCUT2D eigenvalue weighted by Gasteiger charge is -2.33. The van der Waals surface area contributed by atoms with Crippen LogP contribution in [0.2, 0.25) is 0 Å². The van der Waals surface area contributed by atoms with Gasteiger partial charge in [0.05, 0.1) is 12.5 Å². The molecule has 1 fully saturated rings. The van der Waals surface area contributed by atoms with Gasteiger partial charge < -0.3 is 5.32 Å². The fraction of sp³-hybridized carbons (Fsp3) is 0.429. The van der Waals surface area contributed by atoms with E-state index in [1.54, 1.807) is 0 Å². The molecule has 4 heteroatoms. The molecule has 4 nitrogen and oxygen atoms in total. The Hall–Kier alpha value is -1.84. The van der Waals surface area contributed by atoms with E-state index in [0.29, 0.717) is 13.1 Å². The summed E-state index contributed by atoms with van der Waals surface area (Å²) in [6.45, 7) is 4.79. The molecular weight excluding hydrogens is 228 g/mol. The summed E-state index contributed by atoms with van der Waals surface area (Å²) in [6, 6.07) is 9.27. The number of hydrogen-bond acceptors (Lipinski definition) is 2. The normalized spacial score (nSPS) is 20.2. The summed E-state index contributed by atoms with van der Waals surface area (Å²) in [7, 11) is 0. The Morgan fingerprint density at radius 3 is 2.56 bits per heavy atom. The van der Waals surface area contributed by atoms with Gasteiger partial charge in [-0.15, -0.1) is 0 Å². The summed E-state index contributed by atoms with van der Waals surface area (Å²) in [5.74, 6) is 0.0420. The molecule has 0 aliphatic carbocycles. The van der Waals surface area contributed by atoms with Crippen molar-refractivity contribution < 1.29 is 9.59 Å². The zero-order valence-electron chi connectivity index (χ0n) is 10.7. The molecule has 1 heterocycles. The van der Waals surface area contributed by atoms with Gasteiger partial charge in [0.25, 0.3) is 0 Å². The Kier molecular flexibility index (Phi) is 3.65. The zero-order valence-corrected chi connectivity index (χ0v) is 10.7. The van der Waals surface area contributed by atoms with Crippen LogP contribution in [0.5, 0.6) is 0 Å². The predicted molar refractivity (Wildman–Crippen MR) is 68.7 cm³/mol. The van der Waals surface area contributed by atoms with Gasteiger partial charge in [-0.2, -0.15) is 0 Å². The van der Waals surface area contributed by atoms with Gasteiger partial charge in [-0.25, -0.2) is 4.79 Å². The maximum absolute atomic E-state index is 12.2. The number of hydrogen-bond donors (Lipinski definition) is 1. The first-order valence-corrected chi connectivity index (χ1v) is 6.22. The lowest BCUT2D eigenvalue weighted by atomic mass is 9.93. The van der Waals surface area contributed by atoms with Gasteiger partial charge in [0.2, 0.25) is 5.91 Å². The summed E-state index contributed by atoms with van der Waals surface area (Å²) in [5.41, 5.74) is 0.963. The number of nitrogens with zero attached hydrogens (tertiary/aromatic N) is 1. The van der Waals surface area contributed by atoms with E-state index in [0.717, 1.165) is 5.56 Å². The van der Waals surface area contributed by atoms with E-state index in [4.69, 9.17) is 0 Å². The van der Waals surface area contributed by atoms with Crippen molar-refractivity contribution in [1.29, 1.82) is 0 Å². The minimum absolute atomic E-state index is 0.0717. The van der Waals surface area contributed by atoms with Crippen molar-refractivity contribution in [3.8, 4) is 0 Å². The average molecular weight is 246 g/mol. The van der Waals surface area contributed by atoms with E-state index < -0.39 is 0 Å². The maximum atomic E-state index is 12.2. The number of amides is 3. The zero-order chi connectivity index (χ0) is 13.1. The van der Waals surface area contributed by atoms with Gasteiger partial charge in [0.15, 0.2) is 0 Å². The Morgan fingerprint density at radius 2 is 1.94 bits per heavy atom. The highest BCUT2D eigenvalue weighted by molar-refractivity contribution is 5.98. The van der Waals surface area contributed by atoms with Crippen LogP contribution in [-0.2, 0) is 11.3 Å². The predicted octanol–water partition coefficient (Wildman–Crippen LogP) is 2.01. The summed E-state index contributed by atoms with van der Waals surface area (Å²) in [6.07, 6.45) is 0. The molecule has 0 saturated carbocycles. The van der Waals surface area contributed by atoms with E-state index >= 15 is 0 Å². The summed E-state index contributed by atoms with van der Waals surface area (Å²) >= 11 is 0. The minimum Gasteiger partial charge on any atom is -0.337 e. The summed E-state index contributed by atoms with van der Waals surface area (Å²) in [5, 5.41) is 2.78. The molecule has 2 rings (SSSR count). The van der Waals surface area contributed by atoms with Crippen molar-refractivity contribution in [3.63, 3.8) is 0 Å². The molecule has 1 N–H and O–H groups in total. The molecule has 0 radical (unpaired) electrons. The fourth-order valence-corrected chi connectivity index (χ4v) is 2.12. The van der Waals surface area contributed by atoms with Crippen LogP contribution in [0.1, 0.15) is 19.4 Å². The number of carbonyl (C=O) groups excluding carboxylic acids is 2. The lowest BCUT2D eigenvalue weighted by Crippen LogP contribution is -2.55. The van der Waals surface area contributed by atoms with Crippen LogP contribution in [0.4, 0.5) is 4.79 Å². The molecule has 1 aromatic rings. The summed E-state index contributed by atoms with van der Waals surface area (Å²) in [4.78, 5) is 25.3. The second kappa shape index (κ2) is 5.21. The second-order valence-electron chi connectivity index (χ2n) is 4.95. The van der Waals surface area contributed by atoms with Gasteiger partial charge in [0, 0.05) is 6.54 Å². The third-order valence-corrected chi connectivity index (χ3v) is 3.29. The van der Waals surface area contributed by atoms with Crippen molar-refractivity contribution >= 4 is 11.9 Å². The van der Waals surface area contributed by atoms with E-state index in [-0.39, 0.29) is 23.8 Å². The first-order chi connectivity index (χ1) is 8.59. The second-order valence-corrected chi connectivity index (χ2v) is 4.95. The van der Waals surface area contributed by atoms with Crippen molar-refractivity contribution in [2.24, 2.45) is 11.8 Å². The smallest absolute Gasteiger partial charge is 0.324 e. The molecule has 3 amide bonds. The molecule has 1 aliphatic heterocycles. The number of urea groups is 1. The number of rotatable bonds is 3. The Morgan fingerprint density at radius 1 is 1.28 bits per heavy atom. The number of benzene rings is 1. The number of carbonyl (C=O) groups is 2. The van der Waals surface area contributed by atoms with E-state index in [1.807, 2.05) is 44.2 Å². The molecule has 1 aromatic carbocycles. The molecule has 96 valence electrons. The van der Waals surface area contributed by atoms with Gasteiger partial charge >= 0.3 is 6.03 Å². The van der Waals surface area contributed by atoms with Gasteiger partial charge in [0.1, 0.15) is 0 Å². The van der Waals surface area contributed by atoms with Gasteiger partial charge in [-0.1, -0.05) is 44.2 Å². The molecule has 0 unspecified atom stereocenters. The Labute approximate surface area is 107 Å². The highest BCUT2D eigenvalue weighted by atomic mass is 16.2. The molecular formula is C14H18N2O2. The highest BCUT2D eigenvalue weighted by Crippen LogP contribution is 2.19. The average Bonchev–Trinajstić information content (AvgIpc) is 2.35. The maximum Gasteiger partial charge on any atom is 0.324 e. The first kappa shape index (κ1) is 12.6. The summed E-state index contributed by atoms with van der Waals surface area (Å²) < 4.78 is 0. The standard InChI is InChI=1S/C14H18N2O2/c1-10(2)12-8-15-14(18)16(13(12)17)9-11-6-4-3-5-7-11/h3-7,10,12H,8-9H2,1-2H3,(H,15,18)/t12-/m1/s1. The Bertz CT molecular complexity index is 442. The first-order valence-electron chi connectivity index (χ1n) is 6.22. The topological polar surface area (TPSA) is 49.4 Å². The van der Waals surface area contributed by atoms with Crippen LogP contribution in [0, 0.1) is 11.8 Å². The molecule has 1 aliphatic rings. The quantitative estimate of drug-likeness (QED) is 0.887. The molecule has 1 saturated heterocycles. The highest BCUT2D eigenvalue weighted by Gasteiger charge is 2.35. The third-order valence-electron chi connectivity index (χ3n) is 3.29. The Balaban J connectivity index is 2.14. The SMILES string of the molecule is CC(C)[C@H]1CNC(=O)N(Cc2ccccc2)C1=O. The van der Waals surface area contributed by atoms with Crippen LogP contribution in [0.3, 0.4) is 0 Å². The van der Waals surface area contributed by atoms with Crippen LogP contribution >= 0.6 is 0 Å². The van der Waals surface area contributed by atoms with Gasteiger partial charge in [-0.3, -0.25) is 9.69 Å². The molecule has 0 spiro atoms. The van der Waals surface area contributed by atoms with E-state index in [2.05, 4.69) is 5.32 Å². The largest absolute Gasteiger partial charge is 0.337 e. The van der Waals surface area contributed by atoms with Crippen molar-refractivity contribution in [2.75, 3.05) is 6.54 Å². The van der Waals surface area contributed by atoms with Crippen LogP contribution in [0.15, 0.2) is 30.3 Å². The fourth-order valence-electron chi connectivity index (χ4n) is 2.12. The van der Waals surface area contributed by atoms with Crippen molar-refractivity contribution in [3.05, 3.63) is 35.9 Å². The van der Waals surface area contributed by atoms with Crippen LogP contribution in [0.25, 0.3) is 0 Å². The van der Waals surface area contributed by atoms with E-state index in [1.165, 1.54) is 4.90 Å². The molecule has 18 heavy (non-hydrogen) atoms. The van der Waals surface area contributed by atoms with Gasteiger partial charge in [-0.05, 0) is 11.5 Å². The number of imide groups is 1. The third kappa shape index (κ3) is 2.53. The lowest BCUT2D eigenvalue weighted by molar-refractivity contribution is -0.135.